The second-order valence-corrected chi connectivity index (χ2v) is 3.27. The molecule has 0 atom stereocenters. The molecule has 1 rings (SSSR count). The molecule has 74 valence electrons. The van der Waals surface area contributed by atoms with Gasteiger partial charge < -0.3 is 10.6 Å². The molecule has 1 saturated carbocycles. The predicted octanol–water partition coefficient (Wildman–Crippen LogP) is 0.0388. The van der Waals surface area contributed by atoms with Crippen LogP contribution in [0.5, 0.6) is 0 Å². The zero-order valence-electron chi connectivity index (χ0n) is 7.93. The molecular weight excluding hydrogens is 168 g/mol. The Labute approximate surface area is 78.1 Å². The number of carbonyl (C=O) groups is 2. The third-order valence-corrected chi connectivity index (χ3v) is 2.02. The van der Waals surface area contributed by atoms with Crippen LogP contribution in [-0.4, -0.2) is 24.9 Å². The lowest BCUT2D eigenvalue weighted by Gasteiger charge is -2.04. The second kappa shape index (κ2) is 4.84. The van der Waals surface area contributed by atoms with Gasteiger partial charge in [0.25, 0.3) is 0 Å². The molecule has 1 aliphatic carbocycles. The maximum Gasteiger partial charge on any atom is 0.223 e. The minimum absolute atomic E-state index is 0.0284. The van der Waals surface area contributed by atoms with E-state index in [9.17, 15) is 9.59 Å². The Bertz CT molecular complexity index is 200. The fourth-order valence-electron chi connectivity index (χ4n) is 1.00. The van der Waals surface area contributed by atoms with Crippen molar-refractivity contribution in [2.75, 3.05) is 13.1 Å². The topological polar surface area (TPSA) is 58.2 Å². The van der Waals surface area contributed by atoms with Gasteiger partial charge in [0, 0.05) is 25.4 Å². The van der Waals surface area contributed by atoms with Crippen molar-refractivity contribution in [3.63, 3.8) is 0 Å². The molecule has 1 fully saturated rings. The summed E-state index contributed by atoms with van der Waals surface area (Å²) in [5.74, 6) is 0.410. The molecule has 0 heterocycles. The van der Waals surface area contributed by atoms with Crippen LogP contribution in [0.2, 0.25) is 0 Å². The van der Waals surface area contributed by atoms with Crippen LogP contribution in [-0.2, 0) is 9.59 Å². The highest BCUT2D eigenvalue weighted by Gasteiger charge is 2.28. The molecule has 0 bridgehead atoms. The SMILES string of the molecule is CCC(=O)NCCNC(=O)C1CC1. The highest BCUT2D eigenvalue weighted by atomic mass is 16.2. The third-order valence-electron chi connectivity index (χ3n) is 2.02. The standard InChI is InChI=1S/C9H16N2O2/c1-2-8(12)10-5-6-11-9(13)7-3-4-7/h7H,2-6H2,1H3,(H,10,12)(H,11,13). The van der Waals surface area contributed by atoms with Crippen molar-refractivity contribution in [1.82, 2.24) is 10.6 Å². The maximum atomic E-state index is 11.1. The Kier molecular flexibility index (Phi) is 3.73. The number of nitrogens with one attached hydrogen (secondary N) is 2. The third kappa shape index (κ3) is 3.92. The van der Waals surface area contributed by atoms with Crippen LogP contribution in [0, 0.1) is 5.92 Å². The van der Waals surface area contributed by atoms with Crippen LogP contribution >= 0.6 is 0 Å². The van der Waals surface area contributed by atoms with Crippen LogP contribution < -0.4 is 10.6 Å². The van der Waals surface area contributed by atoms with Crippen molar-refractivity contribution < 1.29 is 9.59 Å². The number of hydrogen-bond donors (Lipinski definition) is 2. The van der Waals surface area contributed by atoms with Gasteiger partial charge >= 0.3 is 0 Å². The Morgan fingerprint density at radius 1 is 1.23 bits per heavy atom. The fraction of sp³-hybridized carbons (Fsp3) is 0.778. The quantitative estimate of drug-likeness (QED) is 0.593. The molecular formula is C9H16N2O2. The first-order chi connectivity index (χ1) is 6.24. The van der Waals surface area contributed by atoms with Gasteiger partial charge in [0.2, 0.25) is 11.8 Å². The molecule has 4 heteroatoms. The van der Waals surface area contributed by atoms with E-state index in [1.54, 1.807) is 6.92 Å². The molecule has 0 aromatic rings. The molecule has 0 aliphatic heterocycles. The highest BCUT2D eigenvalue weighted by Crippen LogP contribution is 2.28. The molecule has 2 amide bonds. The van der Waals surface area contributed by atoms with Gasteiger partial charge in [0.1, 0.15) is 0 Å². The Hall–Kier alpha value is -1.06. The first kappa shape index (κ1) is 10.0. The Morgan fingerprint density at radius 3 is 2.38 bits per heavy atom. The summed E-state index contributed by atoms with van der Waals surface area (Å²) in [5.41, 5.74) is 0. The van der Waals surface area contributed by atoms with Crippen molar-refractivity contribution in [2.45, 2.75) is 26.2 Å². The van der Waals surface area contributed by atoms with Crippen LogP contribution in [0.3, 0.4) is 0 Å². The molecule has 0 aromatic heterocycles. The average molecular weight is 184 g/mol. The van der Waals surface area contributed by atoms with E-state index in [0.29, 0.717) is 19.5 Å². The lowest BCUT2D eigenvalue weighted by atomic mass is 10.4. The van der Waals surface area contributed by atoms with Crippen LogP contribution in [0.25, 0.3) is 0 Å². The van der Waals surface area contributed by atoms with Gasteiger partial charge in [-0.1, -0.05) is 6.92 Å². The van der Waals surface area contributed by atoms with Gasteiger partial charge in [0.05, 0.1) is 0 Å². The van der Waals surface area contributed by atoms with Crippen molar-refractivity contribution in [3.8, 4) is 0 Å². The van der Waals surface area contributed by atoms with Crippen LogP contribution in [0.4, 0.5) is 0 Å². The molecule has 0 radical (unpaired) electrons. The summed E-state index contributed by atoms with van der Waals surface area (Å²) in [7, 11) is 0. The van der Waals surface area contributed by atoms with E-state index in [-0.39, 0.29) is 17.7 Å². The van der Waals surface area contributed by atoms with Crippen LogP contribution in [0.1, 0.15) is 26.2 Å². The summed E-state index contributed by atoms with van der Waals surface area (Å²) < 4.78 is 0. The van der Waals surface area contributed by atoms with Crippen molar-refractivity contribution in [1.29, 1.82) is 0 Å². The van der Waals surface area contributed by atoms with Crippen LogP contribution in [0.15, 0.2) is 0 Å². The summed E-state index contributed by atoms with van der Waals surface area (Å²) >= 11 is 0. The molecule has 0 spiro atoms. The smallest absolute Gasteiger partial charge is 0.223 e. The van der Waals surface area contributed by atoms with E-state index >= 15 is 0 Å². The monoisotopic (exact) mass is 184 g/mol. The number of carbonyl (C=O) groups excluding carboxylic acids is 2. The zero-order chi connectivity index (χ0) is 9.68. The van der Waals surface area contributed by atoms with Gasteiger partial charge in [-0.2, -0.15) is 0 Å². The summed E-state index contributed by atoms with van der Waals surface area (Å²) in [5, 5.41) is 5.46. The van der Waals surface area contributed by atoms with Gasteiger partial charge in [-0.3, -0.25) is 9.59 Å². The van der Waals surface area contributed by atoms with Crippen molar-refractivity contribution in [2.24, 2.45) is 5.92 Å². The Morgan fingerprint density at radius 2 is 1.85 bits per heavy atom. The summed E-state index contributed by atoms with van der Waals surface area (Å²) in [6, 6.07) is 0. The van der Waals surface area contributed by atoms with Gasteiger partial charge in [0.15, 0.2) is 0 Å². The van der Waals surface area contributed by atoms with E-state index in [2.05, 4.69) is 10.6 Å². The van der Waals surface area contributed by atoms with E-state index < -0.39 is 0 Å². The normalized spacial score (nSPS) is 15.2. The molecule has 1 aliphatic rings. The zero-order valence-corrected chi connectivity index (χ0v) is 7.93. The summed E-state index contributed by atoms with van der Waals surface area (Å²) in [6.45, 7) is 2.88. The minimum atomic E-state index is 0.0284. The molecule has 4 nitrogen and oxygen atoms in total. The van der Waals surface area contributed by atoms with Gasteiger partial charge in [-0.25, -0.2) is 0 Å². The van der Waals surface area contributed by atoms with Crippen molar-refractivity contribution in [3.05, 3.63) is 0 Å². The summed E-state index contributed by atoms with van der Waals surface area (Å²) in [6.07, 6.45) is 2.54. The van der Waals surface area contributed by atoms with E-state index in [1.165, 1.54) is 0 Å². The molecule has 0 unspecified atom stereocenters. The molecule has 0 saturated heterocycles. The van der Waals surface area contributed by atoms with E-state index in [4.69, 9.17) is 0 Å². The maximum absolute atomic E-state index is 11.1. The van der Waals surface area contributed by atoms with Gasteiger partial charge in [-0.05, 0) is 12.8 Å². The first-order valence-corrected chi connectivity index (χ1v) is 4.78. The lowest BCUT2D eigenvalue weighted by molar-refractivity contribution is -0.123. The highest BCUT2D eigenvalue weighted by molar-refractivity contribution is 5.81. The van der Waals surface area contributed by atoms with E-state index in [1.807, 2.05) is 0 Å². The van der Waals surface area contributed by atoms with Gasteiger partial charge in [-0.15, -0.1) is 0 Å². The van der Waals surface area contributed by atoms with Crippen molar-refractivity contribution >= 4 is 11.8 Å². The number of rotatable bonds is 5. The predicted molar refractivity (Wildman–Crippen MR) is 49.0 cm³/mol. The largest absolute Gasteiger partial charge is 0.354 e. The minimum Gasteiger partial charge on any atom is -0.354 e. The molecule has 2 N–H and O–H groups in total. The average Bonchev–Trinajstić information content (AvgIpc) is 2.94. The molecule has 0 aromatic carbocycles. The number of amides is 2. The lowest BCUT2D eigenvalue weighted by Crippen LogP contribution is -2.34. The second-order valence-electron chi connectivity index (χ2n) is 3.27. The fourth-order valence-corrected chi connectivity index (χ4v) is 1.00. The molecule has 13 heavy (non-hydrogen) atoms. The first-order valence-electron chi connectivity index (χ1n) is 4.78. The summed E-state index contributed by atoms with van der Waals surface area (Å²) in [4.78, 5) is 21.9. The van der Waals surface area contributed by atoms with E-state index in [0.717, 1.165) is 12.8 Å². The number of hydrogen-bond acceptors (Lipinski definition) is 2. The Balaban J connectivity index is 1.94.